The van der Waals surface area contributed by atoms with Crippen LogP contribution in [0.4, 0.5) is 0 Å². The van der Waals surface area contributed by atoms with E-state index in [1.165, 1.54) is 34.7 Å². The summed E-state index contributed by atoms with van der Waals surface area (Å²) in [5.41, 5.74) is 6.12. The summed E-state index contributed by atoms with van der Waals surface area (Å²) in [7, 11) is 1.73. The molecule has 3 nitrogen and oxygen atoms in total. The van der Waals surface area contributed by atoms with Crippen LogP contribution in [0.15, 0.2) is 6.07 Å². The molecule has 1 amide bonds. The van der Waals surface area contributed by atoms with E-state index in [0.717, 1.165) is 0 Å². The highest BCUT2D eigenvalue weighted by atomic mass is 16.3. The Morgan fingerprint density at radius 1 is 1.22 bits per heavy atom. The molecular formula is C15H23NO2. The maximum Gasteiger partial charge on any atom is 0.251 e. The fourth-order valence-electron chi connectivity index (χ4n) is 2.17. The molecule has 0 saturated carbocycles. The molecule has 0 aliphatic heterocycles. The summed E-state index contributed by atoms with van der Waals surface area (Å²) in [6.45, 7) is 10.4. The lowest BCUT2D eigenvalue weighted by Gasteiger charge is -2.23. The van der Waals surface area contributed by atoms with E-state index in [2.05, 4.69) is 33.8 Å². The van der Waals surface area contributed by atoms with Crippen LogP contribution >= 0.6 is 0 Å². The van der Waals surface area contributed by atoms with E-state index in [4.69, 9.17) is 0 Å². The molecule has 1 aromatic carbocycles. The van der Waals surface area contributed by atoms with Crippen LogP contribution in [0.3, 0.4) is 0 Å². The first-order valence-electron chi connectivity index (χ1n) is 6.25. The minimum Gasteiger partial charge on any atom is -0.384 e. The quantitative estimate of drug-likeness (QED) is 0.892. The van der Waals surface area contributed by atoms with Gasteiger partial charge in [0.15, 0.2) is 0 Å². The Bertz CT molecular complexity index is 438. The van der Waals surface area contributed by atoms with E-state index in [1.807, 2.05) is 0 Å². The van der Waals surface area contributed by atoms with Crippen LogP contribution in [-0.4, -0.2) is 29.1 Å². The lowest BCUT2D eigenvalue weighted by Crippen LogP contribution is -2.34. The molecule has 0 fully saturated rings. The monoisotopic (exact) mass is 249 g/mol. The minimum atomic E-state index is -0.943. The molecule has 1 N–H and O–H groups in total. The topological polar surface area (TPSA) is 40.5 Å². The number of carbonyl (C=O) groups excluding carboxylic acids is 1. The summed E-state index contributed by atoms with van der Waals surface area (Å²) in [5, 5.41) is 9.33. The number of carbonyl (C=O) groups is 1. The van der Waals surface area contributed by atoms with Gasteiger partial charge in [-0.25, -0.2) is 0 Å². The minimum absolute atomic E-state index is 0.243. The smallest absolute Gasteiger partial charge is 0.251 e. The first-order chi connectivity index (χ1) is 8.25. The van der Waals surface area contributed by atoms with E-state index in [0.29, 0.717) is 6.54 Å². The molecule has 1 rings (SSSR count). The van der Waals surface area contributed by atoms with Gasteiger partial charge in [0.1, 0.15) is 6.10 Å². The summed E-state index contributed by atoms with van der Waals surface area (Å²) >= 11 is 0. The number of aliphatic hydroxyl groups is 1. The Morgan fingerprint density at radius 2 is 1.67 bits per heavy atom. The zero-order valence-corrected chi connectivity index (χ0v) is 12.2. The Labute approximate surface area is 109 Å². The Kier molecular flexibility index (Phi) is 4.52. The standard InChI is InChI=1S/C15H23NO2/c1-9-7-10(2)12(4)14(11(9)3)8-16(6)15(18)13(5)17/h7,13,17H,8H2,1-6H3. The molecule has 18 heavy (non-hydrogen) atoms. The van der Waals surface area contributed by atoms with Gasteiger partial charge in [-0.1, -0.05) is 6.07 Å². The van der Waals surface area contributed by atoms with Crippen molar-refractivity contribution in [3.8, 4) is 0 Å². The maximum absolute atomic E-state index is 11.7. The lowest BCUT2D eigenvalue weighted by atomic mass is 9.94. The average molecular weight is 249 g/mol. The summed E-state index contributed by atoms with van der Waals surface area (Å²) in [6, 6.07) is 2.17. The second kappa shape index (κ2) is 5.53. The molecule has 3 heteroatoms. The number of likely N-dealkylation sites (N-methyl/N-ethyl adjacent to an activating group) is 1. The van der Waals surface area contributed by atoms with Gasteiger partial charge in [0, 0.05) is 13.6 Å². The van der Waals surface area contributed by atoms with E-state index < -0.39 is 6.10 Å². The van der Waals surface area contributed by atoms with Gasteiger partial charge < -0.3 is 10.0 Å². The van der Waals surface area contributed by atoms with Gasteiger partial charge in [-0.2, -0.15) is 0 Å². The molecule has 0 aromatic heterocycles. The molecule has 0 saturated heterocycles. The van der Waals surface area contributed by atoms with Crippen LogP contribution < -0.4 is 0 Å². The average Bonchev–Trinajstić information content (AvgIpc) is 2.30. The molecular weight excluding hydrogens is 226 g/mol. The van der Waals surface area contributed by atoms with Gasteiger partial charge in [-0.05, 0) is 62.4 Å². The fraction of sp³-hybridized carbons (Fsp3) is 0.533. The summed E-state index contributed by atoms with van der Waals surface area (Å²) < 4.78 is 0. The van der Waals surface area contributed by atoms with Crippen molar-refractivity contribution in [1.29, 1.82) is 0 Å². The van der Waals surface area contributed by atoms with Crippen molar-refractivity contribution in [2.24, 2.45) is 0 Å². The molecule has 0 spiro atoms. The highest BCUT2D eigenvalue weighted by molar-refractivity contribution is 5.80. The van der Waals surface area contributed by atoms with Gasteiger partial charge in [-0.3, -0.25) is 4.79 Å². The van der Waals surface area contributed by atoms with Crippen molar-refractivity contribution >= 4 is 5.91 Å². The van der Waals surface area contributed by atoms with Crippen LogP contribution in [0.1, 0.15) is 34.7 Å². The van der Waals surface area contributed by atoms with Crippen LogP contribution in [-0.2, 0) is 11.3 Å². The zero-order valence-electron chi connectivity index (χ0n) is 12.2. The number of aryl methyl sites for hydroxylation is 2. The number of aliphatic hydroxyl groups excluding tert-OH is 1. The van der Waals surface area contributed by atoms with E-state index >= 15 is 0 Å². The summed E-state index contributed by atoms with van der Waals surface area (Å²) in [5.74, 6) is -0.243. The van der Waals surface area contributed by atoms with E-state index in [-0.39, 0.29) is 5.91 Å². The van der Waals surface area contributed by atoms with E-state index in [1.54, 1.807) is 11.9 Å². The molecule has 0 bridgehead atoms. The first-order valence-corrected chi connectivity index (χ1v) is 6.25. The highest BCUT2D eigenvalue weighted by Gasteiger charge is 2.17. The van der Waals surface area contributed by atoms with Crippen molar-refractivity contribution in [2.75, 3.05) is 7.05 Å². The van der Waals surface area contributed by atoms with Crippen LogP contribution in [0, 0.1) is 27.7 Å². The molecule has 0 aliphatic carbocycles. The number of rotatable bonds is 3. The molecule has 100 valence electrons. The molecule has 1 unspecified atom stereocenters. The van der Waals surface area contributed by atoms with Crippen molar-refractivity contribution in [3.05, 3.63) is 33.9 Å². The van der Waals surface area contributed by atoms with Gasteiger partial charge in [0.05, 0.1) is 0 Å². The van der Waals surface area contributed by atoms with Crippen LogP contribution in [0.25, 0.3) is 0 Å². The fourth-order valence-corrected chi connectivity index (χ4v) is 2.17. The molecule has 0 aliphatic rings. The lowest BCUT2D eigenvalue weighted by molar-refractivity contribution is -0.138. The summed E-state index contributed by atoms with van der Waals surface area (Å²) in [4.78, 5) is 13.3. The molecule has 0 radical (unpaired) electrons. The van der Waals surface area contributed by atoms with Crippen molar-refractivity contribution in [1.82, 2.24) is 4.90 Å². The van der Waals surface area contributed by atoms with Crippen LogP contribution in [0.5, 0.6) is 0 Å². The number of benzene rings is 1. The second-order valence-corrected chi connectivity index (χ2v) is 5.11. The van der Waals surface area contributed by atoms with Gasteiger partial charge in [0.25, 0.3) is 5.91 Å². The molecule has 1 aromatic rings. The maximum atomic E-state index is 11.7. The summed E-state index contributed by atoms with van der Waals surface area (Å²) in [6.07, 6.45) is -0.943. The third kappa shape index (κ3) is 2.91. The van der Waals surface area contributed by atoms with Crippen molar-refractivity contribution < 1.29 is 9.90 Å². The van der Waals surface area contributed by atoms with Crippen molar-refractivity contribution in [2.45, 2.75) is 47.3 Å². The normalized spacial score (nSPS) is 12.4. The number of amides is 1. The molecule has 0 heterocycles. The Balaban J connectivity index is 3.08. The predicted molar refractivity (Wildman–Crippen MR) is 73.5 cm³/mol. The number of nitrogens with zero attached hydrogens (tertiary/aromatic N) is 1. The largest absolute Gasteiger partial charge is 0.384 e. The van der Waals surface area contributed by atoms with Crippen molar-refractivity contribution in [3.63, 3.8) is 0 Å². The Hall–Kier alpha value is -1.35. The van der Waals surface area contributed by atoms with Gasteiger partial charge >= 0.3 is 0 Å². The van der Waals surface area contributed by atoms with Crippen LogP contribution in [0.2, 0.25) is 0 Å². The zero-order chi connectivity index (χ0) is 14.0. The highest BCUT2D eigenvalue weighted by Crippen LogP contribution is 2.22. The second-order valence-electron chi connectivity index (χ2n) is 5.11. The van der Waals surface area contributed by atoms with E-state index in [9.17, 15) is 9.90 Å². The SMILES string of the molecule is Cc1cc(C)c(C)c(CN(C)C(=O)C(C)O)c1C. The van der Waals surface area contributed by atoms with Gasteiger partial charge in [0.2, 0.25) is 0 Å². The first kappa shape index (κ1) is 14.7. The number of hydrogen-bond donors (Lipinski definition) is 1. The Morgan fingerprint density at radius 3 is 2.06 bits per heavy atom. The number of hydrogen-bond acceptors (Lipinski definition) is 2. The molecule has 1 atom stereocenters. The predicted octanol–water partition coefficient (Wildman–Crippen LogP) is 2.26. The van der Waals surface area contributed by atoms with Gasteiger partial charge in [-0.15, -0.1) is 0 Å². The third-order valence-electron chi connectivity index (χ3n) is 3.65. The third-order valence-corrected chi connectivity index (χ3v) is 3.65.